The molecule has 2 rings (SSSR count). The number of anilines is 1. The lowest BCUT2D eigenvalue weighted by molar-refractivity contribution is 0.0350. The number of aryl methyl sites for hydroxylation is 1. The Kier molecular flexibility index (Phi) is 3.88. The molecule has 0 amide bonds. The number of nitrogens with one attached hydrogen (secondary N) is 1. The van der Waals surface area contributed by atoms with Crippen LogP contribution >= 0.6 is 0 Å². The zero-order chi connectivity index (χ0) is 13.2. The van der Waals surface area contributed by atoms with E-state index in [0.717, 1.165) is 38.3 Å². The van der Waals surface area contributed by atoms with Gasteiger partial charge in [-0.25, -0.2) is 4.98 Å². The molecule has 1 fully saturated rings. The van der Waals surface area contributed by atoms with E-state index in [9.17, 15) is 5.11 Å². The third-order valence-electron chi connectivity index (χ3n) is 3.63. The fourth-order valence-electron chi connectivity index (χ4n) is 2.46. The van der Waals surface area contributed by atoms with Crippen LogP contribution in [0.4, 0.5) is 5.82 Å². The first-order valence-electron chi connectivity index (χ1n) is 6.59. The summed E-state index contributed by atoms with van der Waals surface area (Å²) in [7, 11) is 1.94. The van der Waals surface area contributed by atoms with Gasteiger partial charge in [0.2, 0.25) is 0 Å². The molecule has 0 radical (unpaired) electrons. The zero-order valence-electron chi connectivity index (χ0n) is 11.5. The number of piperidine rings is 1. The number of nitrogens with zero attached hydrogens (tertiary/aromatic N) is 2. The van der Waals surface area contributed by atoms with Crippen molar-refractivity contribution in [3.8, 4) is 0 Å². The van der Waals surface area contributed by atoms with Crippen LogP contribution in [-0.2, 0) is 6.54 Å². The van der Waals surface area contributed by atoms with E-state index in [1.807, 2.05) is 20.2 Å². The minimum Gasteiger partial charge on any atom is -0.390 e. The van der Waals surface area contributed by atoms with Gasteiger partial charge in [0.1, 0.15) is 5.82 Å². The van der Waals surface area contributed by atoms with E-state index in [0.29, 0.717) is 0 Å². The van der Waals surface area contributed by atoms with Crippen LogP contribution in [0.5, 0.6) is 0 Å². The van der Waals surface area contributed by atoms with Gasteiger partial charge in [0, 0.05) is 25.8 Å². The fourth-order valence-corrected chi connectivity index (χ4v) is 2.46. The van der Waals surface area contributed by atoms with Gasteiger partial charge in [-0.15, -0.1) is 0 Å². The van der Waals surface area contributed by atoms with Crippen LogP contribution < -0.4 is 10.2 Å². The molecule has 4 heteroatoms. The highest BCUT2D eigenvalue weighted by Gasteiger charge is 2.28. The zero-order valence-corrected chi connectivity index (χ0v) is 11.5. The molecule has 4 nitrogen and oxygen atoms in total. The Labute approximate surface area is 109 Å². The summed E-state index contributed by atoms with van der Waals surface area (Å²) in [5.74, 6) is 1.06. The second kappa shape index (κ2) is 5.24. The van der Waals surface area contributed by atoms with Crippen molar-refractivity contribution in [2.24, 2.45) is 0 Å². The predicted molar refractivity (Wildman–Crippen MR) is 73.8 cm³/mol. The Bertz CT molecular complexity index is 408. The maximum Gasteiger partial charge on any atom is 0.131 e. The molecule has 0 saturated carbocycles. The molecule has 1 aliphatic heterocycles. The van der Waals surface area contributed by atoms with Gasteiger partial charge in [0.05, 0.1) is 5.60 Å². The van der Waals surface area contributed by atoms with Crippen molar-refractivity contribution in [2.75, 3.05) is 25.0 Å². The molecule has 0 aliphatic carbocycles. The van der Waals surface area contributed by atoms with Crippen molar-refractivity contribution in [3.05, 3.63) is 23.4 Å². The molecule has 2 heterocycles. The molecular formula is C14H23N3O. The summed E-state index contributed by atoms with van der Waals surface area (Å²) in [5.41, 5.74) is 1.92. The highest BCUT2D eigenvalue weighted by atomic mass is 16.3. The van der Waals surface area contributed by atoms with Crippen molar-refractivity contribution in [3.63, 3.8) is 0 Å². The smallest absolute Gasteiger partial charge is 0.131 e. The van der Waals surface area contributed by atoms with Crippen LogP contribution in [0, 0.1) is 6.92 Å². The molecule has 0 spiro atoms. The van der Waals surface area contributed by atoms with E-state index >= 15 is 0 Å². The molecule has 2 N–H and O–H groups in total. The molecule has 1 saturated heterocycles. The quantitative estimate of drug-likeness (QED) is 0.851. The molecule has 0 atom stereocenters. The van der Waals surface area contributed by atoms with Gasteiger partial charge in [-0.05, 0) is 50.9 Å². The van der Waals surface area contributed by atoms with Gasteiger partial charge in [-0.3, -0.25) is 0 Å². The summed E-state index contributed by atoms with van der Waals surface area (Å²) < 4.78 is 0. The van der Waals surface area contributed by atoms with Gasteiger partial charge < -0.3 is 15.3 Å². The number of hydrogen-bond acceptors (Lipinski definition) is 4. The van der Waals surface area contributed by atoms with Gasteiger partial charge in [-0.2, -0.15) is 0 Å². The minimum atomic E-state index is -0.503. The van der Waals surface area contributed by atoms with Crippen LogP contribution in [0.3, 0.4) is 0 Å². The predicted octanol–water partition coefficient (Wildman–Crippen LogP) is 1.46. The largest absolute Gasteiger partial charge is 0.390 e. The molecule has 100 valence electrons. The third kappa shape index (κ3) is 3.00. The molecule has 0 aromatic carbocycles. The summed E-state index contributed by atoms with van der Waals surface area (Å²) in [6, 6.07) is 2.19. The first kappa shape index (κ1) is 13.3. The molecule has 1 aromatic heterocycles. The van der Waals surface area contributed by atoms with Crippen LogP contribution in [0.1, 0.15) is 30.9 Å². The summed E-state index contributed by atoms with van der Waals surface area (Å²) in [5, 5.41) is 13.1. The maximum absolute atomic E-state index is 9.97. The standard InChI is InChI=1S/C14H23N3O/c1-11-8-12(9-15-3)10-16-13(11)17-6-4-14(2,18)5-7-17/h8,10,15,18H,4-7,9H2,1-3H3. The fraction of sp³-hybridized carbons (Fsp3) is 0.643. The molecule has 1 aromatic rings. The summed E-state index contributed by atoms with van der Waals surface area (Å²) in [6.07, 6.45) is 3.56. The molecular weight excluding hydrogens is 226 g/mol. The van der Waals surface area contributed by atoms with Gasteiger partial charge in [0.25, 0.3) is 0 Å². The van der Waals surface area contributed by atoms with Gasteiger partial charge >= 0.3 is 0 Å². The van der Waals surface area contributed by atoms with Crippen LogP contribution in [0.2, 0.25) is 0 Å². The number of pyridine rings is 1. The van der Waals surface area contributed by atoms with E-state index in [-0.39, 0.29) is 0 Å². The SMILES string of the molecule is CNCc1cnc(N2CCC(C)(O)CC2)c(C)c1. The van der Waals surface area contributed by atoms with E-state index in [2.05, 4.69) is 28.2 Å². The number of rotatable bonds is 3. The summed E-state index contributed by atoms with van der Waals surface area (Å²) >= 11 is 0. The van der Waals surface area contributed by atoms with Gasteiger partial charge in [-0.1, -0.05) is 0 Å². The first-order valence-corrected chi connectivity index (χ1v) is 6.59. The minimum absolute atomic E-state index is 0.503. The number of aromatic nitrogens is 1. The van der Waals surface area contributed by atoms with E-state index in [1.54, 1.807) is 0 Å². The summed E-state index contributed by atoms with van der Waals surface area (Å²) in [6.45, 7) is 6.64. The first-order chi connectivity index (χ1) is 8.52. The van der Waals surface area contributed by atoms with Crippen molar-refractivity contribution < 1.29 is 5.11 Å². The third-order valence-corrected chi connectivity index (χ3v) is 3.63. The van der Waals surface area contributed by atoms with Crippen molar-refractivity contribution in [2.45, 2.75) is 38.8 Å². The lowest BCUT2D eigenvalue weighted by Crippen LogP contribution is -2.43. The van der Waals surface area contributed by atoms with Crippen LogP contribution in [-0.4, -0.2) is 35.8 Å². The van der Waals surface area contributed by atoms with E-state index < -0.39 is 5.60 Å². The van der Waals surface area contributed by atoms with Gasteiger partial charge in [0.15, 0.2) is 0 Å². The average molecular weight is 249 g/mol. The second-order valence-electron chi connectivity index (χ2n) is 5.50. The average Bonchev–Trinajstić information content (AvgIpc) is 2.31. The lowest BCUT2D eigenvalue weighted by atomic mass is 9.93. The van der Waals surface area contributed by atoms with Crippen molar-refractivity contribution in [1.82, 2.24) is 10.3 Å². The van der Waals surface area contributed by atoms with Crippen LogP contribution in [0.15, 0.2) is 12.3 Å². The van der Waals surface area contributed by atoms with Crippen molar-refractivity contribution >= 4 is 5.82 Å². The maximum atomic E-state index is 9.97. The number of hydrogen-bond donors (Lipinski definition) is 2. The Balaban J connectivity index is 2.10. The number of aliphatic hydroxyl groups is 1. The Morgan fingerprint density at radius 1 is 1.44 bits per heavy atom. The molecule has 1 aliphatic rings. The highest BCUT2D eigenvalue weighted by molar-refractivity contribution is 5.47. The topological polar surface area (TPSA) is 48.4 Å². The van der Waals surface area contributed by atoms with Crippen LogP contribution in [0.25, 0.3) is 0 Å². The Hall–Kier alpha value is -1.13. The normalized spacial score (nSPS) is 19.0. The lowest BCUT2D eigenvalue weighted by Gasteiger charge is -2.37. The Morgan fingerprint density at radius 3 is 2.67 bits per heavy atom. The Morgan fingerprint density at radius 2 is 2.11 bits per heavy atom. The van der Waals surface area contributed by atoms with E-state index in [4.69, 9.17) is 0 Å². The molecule has 0 bridgehead atoms. The second-order valence-corrected chi connectivity index (χ2v) is 5.50. The van der Waals surface area contributed by atoms with Crippen molar-refractivity contribution in [1.29, 1.82) is 0 Å². The van der Waals surface area contributed by atoms with E-state index in [1.165, 1.54) is 11.1 Å². The summed E-state index contributed by atoms with van der Waals surface area (Å²) in [4.78, 5) is 6.85. The molecule has 18 heavy (non-hydrogen) atoms. The monoisotopic (exact) mass is 249 g/mol. The molecule has 0 unspecified atom stereocenters. The highest BCUT2D eigenvalue weighted by Crippen LogP contribution is 2.26.